The molecule has 4 rings (SSSR count). The van der Waals surface area contributed by atoms with Crippen LogP contribution in [0, 0.1) is 29.5 Å². The molecule has 1 aromatic carbocycles. The lowest BCUT2D eigenvalue weighted by molar-refractivity contribution is -0.166. The van der Waals surface area contributed by atoms with Crippen LogP contribution in [0.5, 0.6) is 0 Å². The number of carbonyl (C=O) groups is 2. The first-order chi connectivity index (χ1) is 11.7. The van der Waals surface area contributed by atoms with Crippen LogP contribution in [-0.4, -0.2) is 37.5 Å². The summed E-state index contributed by atoms with van der Waals surface area (Å²) in [5, 5.41) is 23.9. The van der Waals surface area contributed by atoms with E-state index in [4.69, 9.17) is 0 Å². The van der Waals surface area contributed by atoms with Crippen LogP contribution in [0.3, 0.4) is 0 Å². The molecule has 3 fully saturated rings. The van der Waals surface area contributed by atoms with E-state index in [1.54, 1.807) is 0 Å². The lowest BCUT2D eigenvalue weighted by Crippen LogP contribution is -2.41. The molecule has 0 aromatic heterocycles. The zero-order valence-electron chi connectivity index (χ0n) is 12.6. The first kappa shape index (κ1) is 16.6. The van der Waals surface area contributed by atoms with Gasteiger partial charge in [-0.1, -0.05) is 0 Å². The van der Waals surface area contributed by atoms with Gasteiger partial charge in [0.2, 0.25) is 0 Å². The maximum Gasteiger partial charge on any atom is 0.318 e. The molecule has 0 spiro atoms. The highest BCUT2D eigenvalue weighted by atomic mass is 32.2. The number of hydrogen-bond donors (Lipinski definition) is 0. The molecule has 2 bridgehead atoms. The van der Waals surface area contributed by atoms with E-state index >= 15 is 0 Å². The molecule has 132 valence electrons. The standard InChI is InChI=1S/C15H12FNO7S/c16-6-1-3-7(4-2-6)25(22,23)24-17-14(20)10-8-5-9(11(10)15(17)21)13(19)12(8)18/h1-4,8-13H,5H2. The number of carbonyl (C=O) groups excluding carboxylic acids is 2. The second-order valence-corrected chi connectivity index (χ2v) is 8.03. The van der Waals surface area contributed by atoms with Crippen molar-refractivity contribution in [3.8, 4) is 0 Å². The number of amides is 2. The molecule has 6 atom stereocenters. The summed E-state index contributed by atoms with van der Waals surface area (Å²) in [6.07, 6.45) is -2.78. The van der Waals surface area contributed by atoms with E-state index in [1.165, 1.54) is 0 Å². The van der Waals surface area contributed by atoms with Crippen molar-refractivity contribution in [3.05, 3.63) is 30.1 Å². The number of hydroxylamine groups is 2. The van der Waals surface area contributed by atoms with Gasteiger partial charge >= 0.3 is 10.1 Å². The fourth-order valence-electron chi connectivity index (χ4n) is 4.17. The van der Waals surface area contributed by atoms with Gasteiger partial charge in [0.15, 0.2) is 0 Å². The summed E-state index contributed by atoms with van der Waals surface area (Å²) >= 11 is 0. The molecular weight excluding hydrogens is 357 g/mol. The molecule has 10 heteroatoms. The minimum absolute atomic E-state index is 0.137. The largest absolute Gasteiger partial charge is 0.318 e. The van der Waals surface area contributed by atoms with Gasteiger partial charge in [0.25, 0.3) is 11.8 Å². The molecule has 1 aliphatic heterocycles. The number of hydrogen-bond acceptors (Lipinski definition) is 5. The van der Waals surface area contributed by atoms with Crippen molar-refractivity contribution in [2.24, 2.45) is 23.7 Å². The molecule has 1 aromatic rings. The number of fused-ring (bicyclic) bond motifs is 5. The average Bonchev–Trinajstić information content (AvgIpc) is 3.16. The third-order valence-corrected chi connectivity index (χ3v) is 6.46. The van der Waals surface area contributed by atoms with E-state index in [-0.39, 0.29) is 11.5 Å². The minimum atomic E-state index is -4.54. The molecule has 1 saturated heterocycles. The second-order valence-electron chi connectivity index (χ2n) is 6.50. The SMILES string of the molecule is [O]C1C([O])C2CC1C1C(=O)N(OS(=O)(=O)c3ccc(F)cc3)C(=O)C21. The van der Waals surface area contributed by atoms with Crippen LogP contribution in [0.1, 0.15) is 6.42 Å². The lowest BCUT2D eigenvalue weighted by Gasteiger charge is -2.26. The summed E-state index contributed by atoms with van der Waals surface area (Å²) in [5.41, 5.74) is 0. The van der Waals surface area contributed by atoms with Crippen molar-refractivity contribution in [2.45, 2.75) is 23.5 Å². The van der Waals surface area contributed by atoms with Gasteiger partial charge < -0.3 is 0 Å². The number of imide groups is 1. The fraction of sp³-hybridized carbons (Fsp3) is 0.467. The molecule has 6 unspecified atom stereocenters. The van der Waals surface area contributed by atoms with Crippen LogP contribution in [0.2, 0.25) is 0 Å². The summed E-state index contributed by atoms with van der Waals surface area (Å²) in [5.74, 6) is -6.07. The molecule has 2 aliphatic carbocycles. The van der Waals surface area contributed by atoms with Gasteiger partial charge in [-0.3, -0.25) is 9.59 Å². The Labute approximate surface area is 141 Å². The van der Waals surface area contributed by atoms with Gasteiger partial charge in [0.1, 0.15) is 18.0 Å². The van der Waals surface area contributed by atoms with Crippen LogP contribution in [0.15, 0.2) is 29.2 Å². The monoisotopic (exact) mass is 369 g/mol. The first-order valence-electron chi connectivity index (χ1n) is 7.62. The van der Waals surface area contributed by atoms with E-state index < -0.39 is 68.5 Å². The van der Waals surface area contributed by atoms with E-state index in [2.05, 4.69) is 4.28 Å². The van der Waals surface area contributed by atoms with Crippen molar-refractivity contribution in [1.29, 1.82) is 0 Å². The maximum absolute atomic E-state index is 12.9. The second kappa shape index (κ2) is 5.31. The minimum Gasteiger partial charge on any atom is -0.272 e. The predicted molar refractivity (Wildman–Crippen MR) is 74.0 cm³/mol. The van der Waals surface area contributed by atoms with E-state index in [9.17, 15) is 32.6 Å². The van der Waals surface area contributed by atoms with Crippen molar-refractivity contribution >= 4 is 21.9 Å². The van der Waals surface area contributed by atoms with Crippen LogP contribution in [0.4, 0.5) is 4.39 Å². The van der Waals surface area contributed by atoms with Gasteiger partial charge in [-0.25, -0.2) is 14.6 Å². The van der Waals surface area contributed by atoms with Gasteiger partial charge in [0.05, 0.1) is 16.7 Å². The Hall–Kier alpha value is -1.88. The Morgan fingerprint density at radius 2 is 1.44 bits per heavy atom. The zero-order valence-corrected chi connectivity index (χ0v) is 13.4. The van der Waals surface area contributed by atoms with Gasteiger partial charge in [-0.2, -0.15) is 8.42 Å². The third kappa shape index (κ3) is 2.25. The molecule has 25 heavy (non-hydrogen) atoms. The summed E-state index contributed by atoms with van der Waals surface area (Å²) in [6.45, 7) is 0. The number of nitrogens with zero attached hydrogens (tertiary/aromatic N) is 1. The maximum atomic E-state index is 12.9. The summed E-state index contributed by atoms with van der Waals surface area (Å²) in [6, 6.07) is 3.65. The normalized spacial score (nSPS) is 37.0. The lowest BCUT2D eigenvalue weighted by atomic mass is 9.78. The third-order valence-electron chi connectivity index (χ3n) is 5.27. The first-order valence-corrected chi connectivity index (χ1v) is 9.03. The predicted octanol–water partition coefficient (Wildman–Crippen LogP) is 0.295. The summed E-state index contributed by atoms with van der Waals surface area (Å²) in [4.78, 5) is 24.4. The molecule has 0 N–H and O–H groups in total. The van der Waals surface area contributed by atoms with Gasteiger partial charge in [-0.15, -0.1) is 9.35 Å². The Morgan fingerprint density at radius 3 is 1.92 bits per heavy atom. The van der Waals surface area contributed by atoms with Crippen molar-refractivity contribution in [1.82, 2.24) is 5.06 Å². The smallest absolute Gasteiger partial charge is 0.272 e. The summed E-state index contributed by atoms with van der Waals surface area (Å²) in [7, 11) is -4.54. The quantitative estimate of drug-likeness (QED) is 0.709. The summed E-state index contributed by atoms with van der Waals surface area (Å²) < 4.78 is 42.0. The van der Waals surface area contributed by atoms with Crippen LogP contribution in [-0.2, 0) is 34.2 Å². The van der Waals surface area contributed by atoms with Crippen molar-refractivity contribution in [3.63, 3.8) is 0 Å². The number of halogens is 1. The van der Waals surface area contributed by atoms with Crippen LogP contribution in [0.25, 0.3) is 0 Å². The topological polar surface area (TPSA) is 121 Å². The molecule has 8 nitrogen and oxygen atoms in total. The Kier molecular flexibility index (Phi) is 3.52. The average molecular weight is 369 g/mol. The van der Waals surface area contributed by atoms with Crippen LogP contribution >= 0.6 is 0 Å². The number of rotatable bonds is 3. The van der Waals surface area contributed by atoms with Gasteiger partial charge in [0, 0.05) is 11.8 Å². The Bertz CT molecular complexity index is 823. The molecule has 2 radical (unpaired) electrons. The molecule has 2 saturated carbocycles. The highest BCUT2D eigenvalue weighted by Crippen LogP contribution is 2.56. The molecule has 3 aliphatic rings. The van der Waals surface area contributed by atoms with Crippen molar-refractivity contribution in [2.75, 3.05) is 0 Å². The zero-order chi connectivity index (χ0) is 18.1. The Balaban J connectivity index is 1.61. The van der Waals surface area contributed by atoms with Gasteiger partial charge in [-0.05, 0) is 30.7 Å². The molecule has 1 heterocycles. The molecule has 2 amide bonds. The highest BCUT2D eigenvalue weighted by Gasteiger charge is 2.69. The Morgan fingerprint density at radius 1 is 0.960 bits per heavy atom. The van der Waals surface area contributed by atoms with Crippen LogP contribution < -0.4 is 0 Å². The van der Waals surface area contributed by atoms with E-state index in [1.807, 2.05) is 0 Å². The van der Waals surface area contributed by atoms with Crippen molar-refractivity contribution < 1.29 is 36.9 Å². The van der Waals surface area contributed by atoms with E-state index in [0.717, 1.165) is 24.3 Å². The van der Waals surface area contributed by atoms with E-state index in [0.29, 0.717) is 0 Å². The highest BCUT2D eigenvalue weighted by molar-refractivity contribution is 7.86. The fourth-order valence-corrected chi connectivity index (χ4v) is 5.07. The molecular formula is C15H12FNO7S. The number of benzene rings is 1.